The lowest BCUT2D eigenvalue weighted by molar-refractivity contribution is -0.129. The van der Waals surface area contributed by atoms with Gasteiger partial charge in [0.1, 0.15) is 0 Å². The van der Waals surface area contributed by atoms with Crippen molar-refractivity contribution in [2.24, 2.45) is 0 Å². The Morgan fingerprint density at radius 2 is 1.39 bits per heavy atom. The fourth-order valence-electron chi connectivity index (χ4n) is 2.24. The normalized spacial score (nSPS) is 10.2. The molecule has 0 heterocycles. The Labute approximate surface area is 177 Å². The molecule has 0 bridgehead atoms. The first kappa shape index (κ1) is 22.0. The number of halogens is 3. The number of amides is 3. The van der Waals surface area contributed by atoms with Gasteiger partial charge in [-0.25, -0.2) is 0 Å². The largest absolute Gasteiger partial charge is 0.325 e. The Balaban J connectivity index is 1.67. The molecule has 148 valence electrons. The summed E-state index contributed by atoms with van der Waals surface area (Å²) in [6.45, 7) is 0. The zero-order chi connectivity index (χ0) is 20.5. The second-order valence-corrected chi connectivity index (χ2v) is 7.11. The molecule has 28 heavy (non-hydrogen) atoms. The Morgan fingerprint density at radius 1 is 0.750 bits per heavy atom. The van der Waals surface area contributed by atoms with Crippen LogP contribution in [0.15, 0.2) is 42.5 Å². The summed E-state index contributed by atoms with van der Waals surface area (Å²) in [7, 11) is 0. The van der Waals surface area contributed by atoms with E-state index in [9.17, 15) is 14.4 Å². The van der Waals surface area contributed by atoms with E-state index < -0.39 is 5.91 Å². The third kappa shape index (κ3) is 7.38. The zero-order valence-corrected chi connectivity index (χ0v) is 17.0. The van der Waals surface area contributed by atoms with E-state index in [0.29, 0.717) is 27.2 Å². The molecule has 0 aromatic heterocycles. The van der Waals surface area contributed by atoms with E-state index >= 15 is 0 Å². The number of carbonyl (C=O) groups is 3. The topological polar surface area (TPSA) is 87.3 Å². The predicted octanol–water partition coefficient (Wildman–Crippen LogP) is 4.15. The summed E-state index contributed by atoms with van der Waals surface area (Å²) in [5.74, 6) is -1.22. The summed E-state index contributed by atoms with van der Waals surface area (Å²) in [6, 6.07) is 11.9. The van der Waals surface area contributed by atoms with Crippen LogP contribution in [0.3, 0.4) is 0 Å². The SMILES string of the molecule is O=C(CCC(=O)Nc1ccc(Cl)cc1Cl)NNC(=O)CCc1ccccc1Cl. The Morgan fingerprint density at radius 3 is 2.07 bits per heavy atom. The molecular weight excluding hydrogens is 425 g/mol. The monoisotopic (exact) mass is 441 g/mol. The summed E-state index contributed by atoms with van der Waals surface area (Å²) in [6.07, 6.45) is 0.452. The van der Waals surface area contributed by atoms with Crippen molar-refractivity contribution in [3.05, 3.63) is 63.1 Å². The second-order valence-electron chi connectivity index (χ2n) is 5.86. The van der Waals surface area contributed by atoms with Crippen LogP contribution >= 0.6 is 34.8 Å². The minimum absolute atomic E-state index is 0.0692. The number of benzene rings is 2. The van der Waals surface area contributed by atoms with Crippen LogP contribution in [-0.2, 0) is 20.8 Å². The van der Waals surface area contributed by atoms with Crippen LogP contribution in [0.1, 0.15) is 24.8 Å². The van der Waals surface area contributed by atoms with Crippen LogP contribution in [0.5, 0.6) is 0 Å². The fourth-order valence-corrected chi connectivity index (χ4v) is 2.93. The highest BCUT2D eigenvalue weighted by Gasteiger charge is 2.11. The quantitative estimate of drug-likeness (QED) is 0.563. The van der Waals surface area contributed by atoms with Gasteiger partial charge in [0.2, 0.25) is 17.7 Å². The fraction of sp³-hybridized carbons (Fsp3) is 0.211. The van der Waals surface area contributed by atoms with Gasteiger partial charge in [0.05, 0.1) is 10.7 Å². The van der Waals surface area contributed by atoms with Crippen molar-refractivity contribution in [3.63, 3.8) is 0 Å². The molecular formula is C19H18Cl3N3O3. The van der Waals surface area contributed by atoms with Crippen molar-refractivity contribution in [2.45, 2.75) is 25.7 Å². The lowest BCUT2D eigenvalue weighted by Gasteiger charge is -2.09. The summed E-state index contributed by atoms with van der Waals surface area (Å²) in [5, 5.41) is 3.93. The predicted molar refractivity (Wildman–Crippen MR) is 110 cm³/mol. The highest BCUT2D eigenvalue weighted by atomic mass is 35.5. The van der Waals surface area contributed by atoms with Crippen molar-refractivity contribution in [1.82, 2.24) is 10.9 Å². The number of hydrogen-bond acceptors (Lipinski definition) is 3. The molecule has 9 heteroatoms. The van der Waals surface area contributed by atoms with E-state index in [1.807, 2.05) is 18.2 Å². The number of hydrogen-bond donors (Lipinski definition) is 3. The first-order chi connectivity index (χ1) is 13.3. The number of carbonyl (C=O) groups excluding carboxylic acids is 3. The summed E-state index contributed by atoms with van der Waals surface area (Å²) < 4.78 is 0. The Bertz CT molecular complexity index is 874. The lowest BCUT2D eigenvalue weighted by Crippen LogP contribution is -2.41. The van der Waals surface area contributed by atoms with Crippen molar-refractivity contribution in [3.8, 4) is 0 Å². The maximum absolute atomic E-state index is 11.9. The number of aryl methyl sites for hydroxylation is 1. The molecule has 2 rings (SSSR count). The number of rotatable bonds is 7. The van der Waals surface area contributed by atoms with Crippen LogP contribution in [0.25, 0.3) is 0 Å². The van der Waals surface area contributed by atoms with Gasteiger partial charge in [-0.05, 0) is 36.2 Å². The molecule has 2 aromatic rings. The molecule has 6 nitrogen and oxygen atoms in total. The second kappa shape index (κ2) is 10.9. The van der Waals surface area contributed by atoms with Crippen LogP contribution in [-0.4, -0.2) is 17.7 Å². The average Bonchev–Trinajstić information content (AvgIpc) is 2.66. The molecule has 0 radical (unpaired) electrons. The van der Waals surface area contributed by atoms with Gasteiger partial charge in [0.25, 0.3) is 0 Å². The first-order valence-electron chi connectivity index (χ1n) is 8.41. The number of anilines is 1. The van der Waals surface area contributed by atoms with Crippen molar-refractivity contribution in [2.75, 3.05) is 5.32 Å². The minimum atomic E-state index is -0.483. The summed E-state index contributed by atoms with van der Waals surface area (Å²) >= 11 is 17.8. The molecule has 0 fully saturated rings. The van der Waals surface area contributed by atoms with Crippen LogP contribution in [0.2, 0.25) is 15.1 Å². The third-order valence-corrected chi connectivity index (χ3v) is 4.62. The molecule has 0 aliphatic carbocycles. The van der Waals surface area contributed by atoms with Crippen LogP contribution < -0.4 is 16.2 Å². The van der Waals surface area contributed by atoms with E-state index in [-0.39, 0.29) is 31.1 Å². The minimum Gasteiger partial charge on any atom is -0.325 e. The average molecular weight is 443 g/mol. The van der Waals surface area contributed by atoms with Gasteiger partial charge in [-0.3, -0.25) is 25.2 Å². The first-order valence-corrected chi connectivity index (χ1v) is 9.54. The maximum Gasteiger partial charge on any atom is 0.238 e. The Hall–Kier alpha value is -2.28. The summed E-state index contributed by atoms with van der Waals surface area (Å²) in [4.78, 5) is 35.5. The van der Waals surface area contributed by atoms with Gasteiger partial charge < -0.3 is 5.32 Å². The number of nitrogens with one attached hydrogen (secondary N) is 3. The molecule has 3 N–H and O–H groups in total. The van der Waals surface area contributed by atoms with Gasteiger partial charge in [0, 0.05) is 29.3 Å². The van der Waals surface area contributed by atoms with Crippen LogP contribution in [0, 0.1) is 0 Å². The number of hydrazine groups is 1. The van der Waals surface area contributed by atoms with Crippen molar-refractivity contribution < 1.29 is 14.4 Å². The van der Waals surface area contributed by atoms with Crippen LogP contribution in [0.4, 0.5) is 5.69 Å². The highest BCUT2D eigenvalue weighted by molar-refractivity contribution is 6.36. The molecule has 0 aliphatic heterocycles. The van der Waals surface area contributed by atoms with Crippen molar-refractivity contribution >= 4 is 58.2 Å². The molecule has 0 saturated heterocycles. The molecule has 0 spiro atoms. The Kier molecular flexibility index (Phi) is 8.57. The molecule has 0 aliphatic rings. The summed E-state index contributed by atoms with van der Waals surface area (Å²) in [5.41, 5.74) is 5.85. The maximum atomic E-state index is 11.9. The van der Waals surface area contributed by atoms with E-state index in [2.05, 4.69) is 16.2 Å². The van der Waals surface area contributed by atoms with E-state index in [1.54, 1.807) is 18.2 Å². The molecule has 0 unspecified atom stereocenters. The molecule has 2 aromatic carbocycles. The van der Waals surface area contributed by atoms with Gasteiger partial charge in [-0.2, -0.15) is 0 Å². The van der Waals surface area contributed by atoms with Gasteiger partial charge in [-0.15, -0.1) is 0 Å². The van der Waals surface area contributed by atoms with Crippen molar-refractivity contribution in [1.29, 1.82) is 0 Å². The van der Waals surface area contributed by atoms with Gasteiger partial charge in [-0.1, -0.05) is 53.0 Å². The third-order valence-electron chi connectivity index (χ3n) is 3.70. The van der Waals surface area contributed by atoms with E-state index in [1.165, 1.54) is 6.07 Å². The molecule has 0 atom stereocenters. The van der Waals surface area contributed by atoms with E-state index in [4.69, 9.17) is 34.8 Å². The standard InChI is InChI=1S/C19H18Cl3N3O3/c20-13-6-7-16(15(22)11-13)23-17(26)9-10-19(28)25-24-18(27)8-5-12-3-1-2-4-14(12)21/h1-4,6-7,11H,5,8-10H2,(H,23,26)(H,24,27)(H,25,28). The lowest BCUT2D eigenvalue weighted by atomic mass is 10.1. The zero-order valence-electron chi connectivity index (χ0n) is 14.7. The molecule has 3 amide bonds. The van der Waals surface area contributed by atoms with Gasteiger partial charge >= 0.3 is 0 Å². The highest BCUT2D eigenvalue weighted by Crippen LogP contribution is 2.25. The van der Waals surface area contributed by atoms with Gasteiger partial charge in [0.15, 0.2) is 0 Å². The smallest absolute Gasteiger partial charge is 0.238 e. The molecule has 0 saturated carbocycles. The van der Waals surface area contributed by atoms with E-state index in [0.717, 1.165) is 5.56 Å².